The first kappa shape index (κ1) is 21.4. The zero-order valence-electron chi connectivity index (χ0n) is 16.7. The molecule has 0 saturated carbocycles. The van der Waals surface area contributed by atoms with E-state index >= 15 is 0 Å². The molecule has 2 atom stereocenters. The second kappa shape index (κ2) is 9.12. The molecule has 0 spiro atoms. The minimum atomic E-state index is -0.820. The van der Waals surface area contributed by atoms with Crippen LogP contribution in [-0.2, 0) is 9.59 Å². The molecule has 4 nitrogen and oxygen atoms in total. The monoisotopic (exact) mass is 454 g/mol. The fourth-order valence-electron chi connectivity index (χ4n) is 3.43. The number of aryl methyl sites for hydroxylation is 1. The van der Waals surface area contributed by atoms with Crippen LogP contribution in [0.15, 0.2) is 72.8 Å². The summed E-state index contributed by atoms with van der Waals surface area (Å²) in [5, 5.41) is 1.71. The molecule has 0 aromatic heterocycles. The summed E-state index contributed by atoms with van der Waals surface area (Å²) in [4.78, 5) is 26.8. The van der Waals surface area contributed by atoms with Gasteiger partial charge < -0.3 is 5.32 Å². The normalized spacial score (nSPS) is 16.9. The molecule has 1 aliphatic heterocycles. The van der Waals surface area contributed by atoms with Crippen molar-refractivity contribution in [1.82, 2.24) is 0 Å². The lowest BCUT2D eigenvalue weighted by molar-refractivity contribution is -0.116. The van der Waals surface area contributed by atoms with Gasteiger partial charge >= 0.3 is 0 Å². The molecule has 158 valence electrons. The Kier molecular flexibility index (Phi) is 6.30. The van der Waals surface area contributed by atoms with Crippen molar-refractivity contribution in [2.75, 3.05) is 16.0 Å². The van der Waals surface area contributed by atoms with E-state index in [0.717, 1.165) is 5.56 Å². The van der Waals surface area contributed by atoms with Gasteiger partial charge in [-0.05, 0) is 47.9 Å². The van der Waals surface area contributed by atoms with E-state index in [0.29, 0.717) is 28.3 Å². The summed E-state index contributed by atoms with van der Waals surface area (Å²) in [7, 11) is 0. The number of rotatable bonds is 5. The number of amides is 2. The van der Waals surface area contributed by atoms with Gasteiger partial charge in [0, 0.05) is 11.4 Å². The molecule has 1 heterocycles. The van der Waals surface area contributed by atoms with Crippen LogP contribution in [0.2, 0.25) is 0 Å². The molecular formula is C24H20ClFN2O2S. The summed E-state index contributed by atoms with van der Waals surface area (Å²) in [6, 6.07) is 21.2. The summed E-state index contributed by atoms with van der Waals surface area (Å²) in [5.41, 5.74) is 3.17. The first-order valence-corrected chi connectivity index (χ1v) is 11.2. The second-order valence-electron chi connectivity index (χ2n) is 7.25. The fourth-order valence-corrected chi connectivity index (χ4v) is 4.80. The van der Waals surface area contributed by atoms with Crippen LogP contribution < -0.4 is 10.2 Å². The van der Waals surface area contributed by atoms with Crippen LogP contribution in [0.1, 0.15) is 27.4 Å². The number of hydrogen-bond donors (Lipinski definition) is 1. The van der Waals surface area contributed by atoms with Crippen LogP contribution in [-0.4, -0.2) is 17.6 Å². The Hall–Kier alpha value is -2.83. The van der Waals surface area contributed by atoms with E-state index in [4.69, 9.17) is 11.6 Å². The van der Waals surface area contributed by atoms with Crippen LogP contribution in [0.25, 0.3) is 0 Å². The van der Waals surface area contributed by atoms with Crippen molar-refractivity contribution in [3.8, 4) is 0 Å². The molecule has 0 bridgehead atoms. The zero-order valence-corrected chi connectivity index (χ0v) is 18.3. The summed E-state index contributed by atoms with van der Waals surface area (Å²) in [5.74, 6) is -0.472. The lowest BCUT2D eigenvalue weighted by Gasteiger charge is -2.25. The Morgan fingerprint density at radius 1 is 1.13 bits per heavy atom. The van der Waals surface area contributed by atoms with Crippen molar-refractivity contribution >= 4 is 46.6 Å². The number of thioether (sulfide) groups is 1. The molecule has 1 aliphatic rings. The average molecular weight is 455 g/mol. The number of anilines is 2. The SMILES string of the molecule is Cc1ccc(N2C(=O)CSC2c2cccc(NC(=O)C(Cl)c3ccccc3)c2)cc1F. The number of carbonyl (C=O) groups is 2. The van der Waals surface area contributed by atoms with E-state index in [1.807, 2.05) is 36.4 Å². The largest absolute Gasteiger partial charge is 0.324 e. The maximum Gasteiger partial charge on any atom is 0.246 e. The molecule has 0 aliphatic carbocycles. The Labute approximate surface area is 189 Å². The van der Waals surface area contributed by atoms with E-state index in [2.05, 4.69) is 5.32 Å². The van der Waals surface area contributed by atoms with E-state index in [1.54, 1.807) is 42.2 Å². The van der Waals surface area contributed by atoms with Crippen molar-refractivity contribution < 1.29 is 14.0 Å². The minimum Gasteiger partial charge on any atom is -0.324 e. The Morgan fingerprint density at radius 3 is 2.65 bits per heavy atom. The lowest BCUT2D eigenvalue weighted by atomic mass is 10.1. The first-order chi connectivity index (χ1) is 14.9. The molecule has 31 heavy (non-hydrogen) atoms. The quantitative estimate of drug-likeness (QED) is 0.493. The van der Waals surface area contributed by atoms with Gasteiger partial charge in [-0.25, -0.2) is 4.39 Å². The number of alkyl halides is 1. The van der Waals surface area contributed by atoms with Crippen molar-refractivity contribution in [1.29, 1.82) is 0 Å². The van der Waals surface area contributed by atoms with Crippen molar-refractivity contribution in [2.45, 2.75) is 17.7 Å². The highest BCUT2D eigenvalue weighted by atomic mass is 35.5. The standard InChI is InChI=1S/C24H20ClFN2O2S/c1-15-10-11-19(13-20(15)26)28-21(29)14-31-24(28)17-8-5-9-18(12-17)27-23(30)22(25)16-6-3-2-4-7-16/h2-13,22,24H,14H2,1H3,(H,27,30). The predicted molar refractivity (Wildman–Crippen MR) is 124 cm³/mol. The highest BCUT2D eigenvalue weighted by Gasteiger charge is 2.34. The van der Waals surface area contributed by atoms with Crippen LogP contribution in [0.5, 0.6) is 0 Å². The number of benzene rings is 3. The van der Waals surface area contributed by atoms with Crippen LogP contribution >= 0.6 is 23.4 Å². The molecule has 2 amide bonds. The minimum absolute atomic E-state index is 0.0856. The van der Waals surface area contributed by atoms with Gasteiger partial charge in [0.25, 0.3) is 0 Å². The molecule has 1 saturated heterocycles. The van der Waals surface area contributed by atoms with Gasteiger partial charge in [0.15, 0.2) is 0 Å². The molecule has 2 unspecified atom stereocenters. The topological polar surface area (TPSA) is 49.4 Å². The highest BCUT2D eigenvalue weighted by molar-refractivity contribution is 8.00. The van der Waals surface area contributed by atoms with Gasteiger partial charge in [0.2, 0.25) is 11.8 Å². The predicted octanol–water partition coefficient (Wildman–Crippen LogP) is 5.83. The van der Waals surface area contributed by atoms with E-state index in [9.17, 15) is 14.0 Å². The van der Waals surface area contributed by atoms with E-state index < -0.39 is 5.38 Å². The molecule has 1 N–H and O–H groups in total. The number of halogens is 2. The molecule has 0 radical (unpaired) electrons. The number of carbonyl (C=O) groups excluding carboxylic acids is 2. The third-order valence-corrected chi connectivity index (χ3v) is 6.73. The van der Waals surface area contributed by atoms with Crippen LogP contribution in [0.4, 0.5) is 15.8 Å². The Balaban J connectivity index is 1.56. The highest BCUT2D eigenvalue weighted by Crippen LogP contribution is 2.42. The van der Waals surface area contributed by atoms with Crippen molar-refractivity contribution in [3.05, 3.63) is 95.3 Å². The fraction of sp³-hybridized carbons (Fsp3) is 0.167. The third kappa shape index (κ3) is 4.60. The van der Waals surface area contributed by atoms with Crippen molar-refractivity contribution in [3.63, 3.8) is 0 Å². The van der Waals surface area contributed by atoms with E-state index in [1.165, 1.54) is 17.8 Å². The van der Waals surface area contributed by atoms with Crippen molar-refractivity contribution in [2.24, 2.45) is 0 Å². The third-order valence-electron chi connectivity index (χ3n) is 5.06. The molecule has 3 aromatic carbocycles. The number of nitrogens with one attached hydrogen (secondary N) is 1. The Morgan fingerprint density at radius 2 is 1.90 bits per heavy atom. The molecule has 4 rings (SSSR count). The van der Waals surface area contributed by atoms with Crippen LogP contribution in [0, 0.1) is 12.7 Å². The van der Waals surface area contributed by atoms with Gasteiger partial charge in [-0.15, -0.1) is 23.4 Å². The smallest absolute Gasteiger partial charge is 0.246 e. The first-order valence-electron chi connectivity index (χ1n) is 9.73. The molecule has 7 heteroatoms. The zero-order chi connectivity index (χ0) is 22.0. The van der Waals surface area contributed by atoms with Gasteiger partial charge in [-0.3, -0.25) is 14.5 Å². The van der Waals surface area contributed by atoms with Crippen LogP contribution in [0.3, 0.4) is 0 Å². The molecule has 3 aromatic rings. The summed E-state index contributed by atoms with van der Waals surface area (Å²) >= 11 is 7.78. The van der Waals surface area contributed by atoms with Gasteiger partial charge in [0.05, 0.1) is 5.75 Å². The number of nitrogens with zero attached hydrogens (tertiary/aromatic N) is 1. The molecule has 1 fully saturated rings. The number of hydrogen-bond acceptors (Lipinski definition) is 3. The van der Waals surface area contributed by atoms with Gasteiger partial charge in [-0.2, -0.15) is 0 Å². The summed E-state index contributed by atoms with van der Waals surface area (Å²) in [6.45, 7) is 1.68. The van der Waals surface area contributed by atoms with Gasteiger partial charge in [-0.1, -0.05) is 48.5 Å². The van der Waals surface area contributed by atoms with Gasteiger partial charge in [0.1, 0.15) is 16.6 Å². The second-order valence-corrected chi connectivity index (χ2v) is 8.75. The average Bonchev–Trinajstić information content (AvgIpc) is 3.17. The maximum atomic E-state index is 14.1. The Bertz CT molecular complexity index is 1130. The molecular weight excluding hydrogens is 435 g/mol. The van der Waals surface area contributed by atoms with E-state index in [-0.39, 0.29) is 23.0 Å². The summed E-state index contributed by atoms with van der Waals surface area (Å²) < 4.78 is 14.1. The lowest BCUT2D eigenvalue weighted by Crippen LogP contribution is -2.28. The maximum absolute atomic E-state index is 14.1. The summed E-state index contributed by atoms with van der Waals surface area (Å²) in [6.07, 6.45) is 0.